The van der Waals surface area contributed by atoms with E-state index in [9.17, 15) is 17.6 Å². The standard InChI is InChI=1S/C21H25FN2O5S/c1-28-18-9-10-19(29-2)20(12-18)30(26,27)24-11-3-4-16(14-24)21(25)23-13-15-5-7-17(22)8-6-15/h5-10,12,16H,3-4,11,13-14H2,1-2H3,(H,23,25)/t16-/m0/s1. The van der Waals surface area contributed by atoms with Crippen LogP contribution in [-0.4, -0.2) is 45.9 Å². The number of hydrogen-bond acceptors (Lipinski definition) is 5. The first-order valence-electron chi connectivity index (χ1n) is 9.59. The Morgan fingerprint density at radius 2 is 1.90 bits per heavy atom. The summed E-state index contributed by atoms with van der Waals surface area (Å²) in [6.07, 6.45) is 1.16. The molecular formula is C21H25FN2O5S. The van der Waals surface area contributed by atoms with Gasteiger partial charge in [0.1, 0.15) is 22.2 Å². The molecule has 0 radical (unpaired) electrons. The summed E-state index contributed by atoms with van der Waals surface area (Å²) >= 11 is 0. The number of halogens is 1. The lowest BCUT2D eigenvalue weighted by Gasteiger charge is -2.31. The first kappa shape index (κ1) is 22.0. The number of rotatable bonds is 7. The summed E-state index contributed by atoms with van der Waals surface area (Å²) in [5, 5.41) is 2.81. The molecule has 1 atom stereocenters. The minimum atomic E-state index is -3.87. The van der Waals surface area contributed by atoms with Crippen LogP contribution in [0.15, 0.2) is 47.4 Å². The summed E-state index contributed by atoms with van der Waals surface area (Å²) in [6.45, 7) is 0.661. The van der Waals surface area contributed by atoms with Gasteiger partial charge in [0.25, 0.3) is 0 Å². The molecule has 30 heavy (non-hydrogen) atoms. The zero-order valence-corrected chi connectivity index (χ0v) is 17.7. The number of carbonyl (C=O) groups excluding carboxylic acids is 1. The van der Waals surface area contributed by atoms with Gasteiger partial charge in [-0.1, -0.05) is 12.1 Å². The van der Waals surface area contributed by atoms with Crippen molar-refractivity contribution < 1.29 is 27.1 Å². The second-order valence-electron chi connectivity index (χ2n) is 7.06. The Morgan fingerprint density at radius 3 is 2.57 bits per heavy atom. The highest BCUT2D eigenvalue weighted by atomic mass is 32.2. The van der Waals surface area contributed by atoms with Crippen LogP contribution in [-0.2, 0) is 21.4 Å². The third kappa shape index (κ3) is 4.91. The van der Waals surface area contributed by atoms with E-state index >= 15 is 0 Å². The van der Waals surface area contributed by atoms with Crippen LogP contribution in [0.3, 0.4) is 0 Å². The molecule has 162 valence electrons. The van der Waals surface area contributed by atoms with Crippen LogP contribution >= 0.6 is 0 Å². The van der Waals surface area contributed by atoms with Gasteiger partial charge in [0.05, 0.1) is 20.1 Å². The fraction of sp³-hybridized carbons (Fsp3) is 0.381. The Kier molecular flexibility index (Phi) is 6.94. The summed E-state index contributed by atoms with van der Waals surface area (Å²) < 4.78 is 51.2. The van der Waals surface area contributed by atoms with E-state index in [-0.39, 0.29) is 35.5 Å². The molecule has 1 aliphatic rings. The van der Waals surface area contributed by atoms with E-state index in [0.29, 0.717) is 25.1 Å². The Balaban J connectivity index is 1.71. The van der Waals surface area contributed by atoms with Gasteiger partial charge in [0, 0.05) is 25.7 Å². The maximum absolute atomic E-state index is 13.2. The highest BCUT2D eigenvalue weighted by Crippen LogP contribution is 2.32. The van der Waals surface area contributed by atoms with Gasteiger partial charge >= 0.3 is 0 Å². The third-order valence-electron chi connectivity index (χ3n) is 5.12. The molecule has 0 unspecified atom stereocenters. The first-order valence-corrected chi connectivity index (χ1v) is 11.0. The lowest BCUT2D eigenvalue weighted by molar-refractivity contribution is -0.126. The van der Waals surface area contributed by atoms with Gasteiger partial charge in [-0.3, -0.25) is 4.79 Å². The highest BCUT2D eigenvalue weighted by molar-refractivity contribution is 7.89. The molecule has 0 aliphatic carbocycles. The van der Waals surface area contributed by atoms with Gasteiger partial charge in [-0.15, -0.1) is 0 Å². The maximum atomic E-state index is 13.2. The van der Waals surface area contributed by atoms with Gasteiger partial charge < -0.3 is 14.8 Å². The van der Waals surface area contributed by atoms with Crippen molar-refractivity contribution in [2.45, 2.75) is 24.3 Å². The van der Waals surface area contributed by atoms with Crippen molar-refractivity contribution in [3.8, 4) is 11.5 Å². The third-order valence-corrected chi connectivity index (χ3v) is 7.01. The van der Waals surface area contributed by atoms with E-state index in [2.05, 4.69) is 5.32 Å². The predicted molar refractivity (Wildman–Crippen MR) is 109 cm³/mol. The largest absolute Gasteiger partial charge is 0.497 e. The first-order chi connectivity index (χ1) is 14.3. The number of hydrogen-bond donors (Lipinski definition) is 1. The number of methoxy groups -OCH3 is 2. The molecule has 1 amide bonds. The van der Waals surface area contributed by atoms with Crippen LogP contribution in [0.25, 0.3) is 0 Å². The molecule has 1 N–H and O–H groups in total. The number of carbonyl (C=O) groups is 1. The summed E-state index contributed by atoms with van der Waals surface area (Å²) in [6, 6.07) is 10.5. The molecule has 0 saturated carbocycles. The van der Waals surface area contributed by atoms with E-state index in [1.165, 1.54) is 36.7 Å². The molecule has 3 rings (SSSR count). The van der Waals surface area contributed by atoms with Gasteiger partial charge in [0.2, 0.25) is 15.9 Å². The Labute approximate surface area is 175 Å². The maximum Gasteiger partial charge on any atom is 0.246 e. The number of benzene rings is 2. The molecule has 0 spiro atoms. The zero-order chi connectivity index (χ0) is 21.7. The summed E-state index contributed by atoms with van der Waals surface area (Å²) in [7, 11) is -1.00. The van der Waals surface area contributed by atoms with Crippen LogP contribution < -0.4 is 14.8 Å². The number of nitrogens with one attached hydrogen (secondary N) is 1. The fourth-order valence-electron chi connectivity index (χ4n) is 3.44. The average molecular weight is 437 g/mol. The lowest BCUT2D eigenvalue weighted by Crippen LogP contribution is -2.45. The molecule has 1 saturated heterocycles. The smallest absolute Gasteiger partial charge is 0.246 e. The van der Waals surface area contributed by atoms with E-state index in [0.717, 1.165) is 5.56 Å². The zero-order valence-electron chi connectivity index (χ0n) is 16.9. The van der Waals surface area contributed by atoms with Crippen LogP contribution in [0.4, 0.5) is 4.39 Å². The fourth-order valence-corrected chi connectivity index (χ4v) is 5.13. The van der Waals surface area contributed by atoms with Crippen LogP contribution in [0.5, 0.6) is 11.5 Å². The molecule has 0 bridgehead atoms. The van der Waals surface area contributed by atoms with Crippen molar-refractivity contribution in [1.82, 2.24) is 9.62 Å². The van der Waals surface area contributed by atoms with E-state index in [4.69, 9.17) is 9.47 Å². The second-order valence-corrected chi connectivity index (χ2v) is 8.97. The SMILES string of the molecule is COc1ccc(OC)c(S(=O)(=O)N2CCC[C@H](C(=O)NCc3ccc(F)cc3)C2)c1. The van der Waals surface area contributed by atoms with Gasteiger partial charge in [-0.05, 0) is 42.7 Å². The number of amides is 1. The van der Waals surface area contributed by atoms with Crippen molar-refractivity contribution >= 4 is 15.9 Å². The average Bonchev–Trinajstić information content (AvgIpc) is 2.78. The van der Waals surface area contributed by atoms with E-state index < -0.39 is 15.9 Å². The van der Waals surface area contributed by atoms with Crippen LogP contribution in [0, 0.1) is 11.7 Å². The summed E-state index contributed by atoms with van der Waals surface area (Å²) in [4.78, 5) is 12.6. The van der Waals surface area contributed by atoms with Crippen molar-refractivity contribution in [2.75, 3.05) is 27.3 Å². The van der Waals surface area contributed by atoms with Crippen LogP contribution in [0.1, 0.15) is 18.4 Å². The molecular weight excluding hydrogens is 411 g/mol. The number of ether oxygens (including phenoxy) is 2. The van der Waals surface area contributed by atoms with Crippen molar-refractivity contribution in [1.29, 1.82) is 0 Å². The molecule has 7 nitrogen and oxygen atoms in total. The Bertz CT molecular complexity index is 995. The molecule has 0 aromatic heterocycles. The minimum absolute atomic E-state index is 0.0109. The van der Waals surface area contributed by atoms with Gasteiger partial charge in [-0.25, -0.2) is 12.8 Å². The quantitative estimate of drug-likeness (QED) is 0.721. The molecule has 9 heteroatoms. The monoisotopic (exact) mass is 436 g/mol. The van der Waals surface area contributed by atoms with Crippen LogP contribution in [0.2, 0.25) is 0 Å². The Hall–Kier alpha value is -2.65. The molecule has 1 aliphatic heterocycles. The Morgan fingerprint density at radius 1 is 1.17 bits per heavy atom. The molecule has 2 aromatic rings. The van der Waals surface area contributed by atoms with Crippen molar-refractivity contribution in [2.24, 2.45) is 5.92 Å². The number of sulfonamides is 1. The number of nitrogens with zero attached hydrogens (tertiary/aromatic N) is 1. The molecule has 1 fully saturated rings. The van der Waals surface area contributed by atoms with Gasteiger partial charge in [-0.2, -0.15) is 4.31 Å². The minimum Gasteiger partial charge on any atom is -0.497 e. The molecule has 2 aromatic carbocycles. The predicted octanol–water partition coefficient (Wildman–Crippen LogP) is 2.56. The number of piperidine rings is 1. The van der Waals surface area contributed by atoms with Crippen molar-refractivity contribution in [3.05, 3.63) is 53.8 Å². The van der Waals surface area contributed by atoms with Gasteiger partial charge in [0.15, 0.2) is 0 Å². The van der Waals surface area contributed by atoms with E-state index in [1.54, 1.807) is 24.3 Å². The summed E-state index contributed by atoms with van der Waals surface area (Å²) in [5.74, 6) is -0.410. The second kappa shape index (κ2) is 9.44. The normalized spacial score (nSPS) is 17.4. The molecule has 1 heterocycles. The highest BCUT2D eigenvalue weighted by Gasteiger charge is 2.35. The topological polar surface area (TPSA) is 84.9 Å². The summed E-state index contributed by atoms with van der Waals surface area (Å²) in [5.41, 5.74) is 0.770. The van der Waals surface area contributed by atoms with E-state index in [1.807, 2.05) is 0 Å². The van der Waals surface area contributed by atoms with Crippen molar-refractivity contribution in [3.63, 3.8) is 0 Å². The lowest BCUT2D eigenvalue weighted by atomic mass is 9.99.